The number of nitrogens with one attached hydrogen (secondary N) is 1. The first-order valence-electron chi connectivity index (χ1n) is 9.13. The van der Waals surface area contributed by atoms with Crippen LogP contribution in [0.4, 0.5) is 0 Å². The van der Waals surface area contributed by atoms with Gasteiger partial charge >= 0.3 is 0 Å². The van der Waals surface area contributed by atoms with Gasteiger partial charge in [-0.3, -0.25) is 0 Å². The first-order valence-corrected chi connectivity index (χ1v) is 9.13. The minimum atomic E-state index is 0.427. The second kappa shape index (κ2) is 8.45. The van der Waals surface area contributed by atoms with Crippen molar-refractivity contribution in [3.63, 3.8) is 0 Å². The summed E-state index contributed by atoms with van der Waals surface area (Å²) in [4.78, 5) is 4.58. The van der Waals surface area contributed by atoms with Crippen molar-refractivity contribution in [1.82, 2.24) is 20.1 Å². The molecule has 6 heteroatoms. The third-order valence-electron chi connectivity index (χ3n) is 4.62. The molecule has 0 unspecified atom stereocenters. The smallest absolute Gasteiger partial charge is 0.150 e. The lowest BCUT2D eigenvalue weighted by Gasteiger charge is -2.24. The molecule has 1 aliphatic rings. The molecule has 2 heterocycles. The fourth-order valence-electron chi connectivity index (χ4n) is 3.21. The van der Waals surface area contributed by atoms with Crippen LogP contribution in [0.5, 0.6) is 5.75 Å². The van der Waals surface area contributed by atoms with Gasteiger partial charge < -0.3 is 14.8 Å². The van der Waals surface area contributed by atoms with E-state index in [1.54, 1.807) is 7.11 Å². The Labute approximate surface area is 149 Å². The Morgan fingerprint density at radius 3 is 2.96 bits per heavy atom. The molecule has 3 rings (SSSR count). The minimum absolute atomic E-state index is 0.427. The molecule has 1 aliphatic heterocycles. The molecule has 0 saturated carbocycles. The highest BCUT2D eigenvalue weighted by Crippen LogP contribution is 2.21. The third-order valence-corrected chi connectivity index (χ3v) is 4.62. The number of aromatic nitrogens is 3. The van der Waals surface area contributed by atoms with Crippen molar-refractivity contribution >= 4 is 0 Å². The largest absolute Gasteiger partial charge is 0.496 e. The van der Waals surface area contributed by atoms with Gasteiger partial charge in [0.1, 0.15) is 11.6 Å². The predicted molar refractivity (Wildman–Crippen MR) is 96.7 cm³/mol. The third kappa shape index (κ3) is 4.38. The number of aryl methyl sites for hydroxylation is 2. The van der Waals surface area contributed by atoms with Crippen molar-refractivity contribution in [3.05, 3.63) is 41.0 Å². The van der Waals surface area contributed by atoms with Crippen LogP contribution in [0.3, 0.4) is 0 Å². The summed E-state index contributed by atoms with van der Waals surface area (Å²) in [6.45, 7) is 7.11. The Morgan fingerprint density at radius 1 is 1.32 bits per heavy atom. The van der Waals surface area contributed by atoms with Crippen molar-refractivity contribution in [1.29, 1.82) is 0 Å². The number of hydrogen-bond acceptors (Lipinski definition) is 5. The average molecular weight is 344 g/mol. The fraction of sp³-hybridized carbons (Fsp3) is 0.579. The zero-order valence-electron chi connectivity index (χ0n) is 15.4. The molecule has 0 radical (unpaired) electrons. The SMILES string of the molecule is CCOCc1cc(CN[C@@H]2CCc3nc(CC)nn3C2)ccc1OC. The maximum absolute atomic E-state index is 5.54. The molecule has 6 nitrogen and oxygen atoms in total. The van der Waals surface area contributed by atoms with Crippen LogP contribution in [-0.4, -0.2) is 34.5 Å². The summed E-state index contributed by atoms with van der Waals surface area (Å²) in [6, 6.07) is 6.73. The number of hydrogen-bond donors (Lipinski definition) is 1. The maximum atomic E-state index is 5.54. The van der Waals surface area contributed by atoms with Crippen molar-refractivity contribution in [2.24, 2.45) is 0 Å². The molecular formula is C19H28N4O2. The van der Waals surface area contributed by atoms with Crippen LogP contribution >= 0.6 is 0 Å². The van der Waals surface area contributed by atoms with Gasteiger partial charge in [0.2, 0.25) is 0 Å². The van der Waals surface area contributed by atoms with Crippen LogP contribution in [0.2, 0.25) is 0 Å². The molecule has 0 saturated heterocycles. The second-order valence-electron chi connectivity index (χ2n) is 6.38. The molecule has 2 aromatic rings. The van der Waals surface area contributed by atoms with Crippen LogP contribution in [0.1, 0.15) is 43.0 Å². The molecule has 1 N–H and O–H groups in total. The molecule has 0 spiro atoms. The van der Waals surface area contributed by atoms with E-state index in [0.717, 1.165) is 55.3 Å². The lowest BCUT2D eigenvalue weighted by Crippen LogP contribution is -2.37. The fourth-order valence-corrected chi connectivity index (χ4v) is 3.21. The molecular weight excluding hydrogens is 316 g/mol. The van der Waals surface area contributed by atoms with Crippen LogP contribution in [0.25, 0.3) is 0 Å². The Balaban J connectivity index is 1.60. The van der Waals surface area contributed by atoms with Gasteiger partial charge in [-0.2, -0.15) is 5.10 Å². The number of fused-ring (bicyclic) bond motifs is 1. The van der Waals surface area contributed by atoms with Gasteiger partial charge in [0.25, 0.3) is 0 Å². The van der Waals surface area contributed by atoms with Gasteiger partial charge in [-0.15, -0.1) is 0 Å². The monoisotopic (exact) mass is 344 g/mol. The van der Waals surface area contributed by atoms with Crippen LogP contribution in [-0.2, 0) is 37.3 Å². The summed E-state index contributed by atoms with van der Waals surface area (Å²) in [5, 5.41) is 8.23. The van der Waals surface area contributed by atoms with Crippen molar-refractivity contribution in [3.8, 4) is 5.75 Å². The van der Waals surface area contributed by atoms with Crippen molar-refractivity contribution < 1.29 is 9.47 Å². The van der Waals surface area contributed by atoms with Crippen molar-refractivity contribution in [2.45, 2.75) is 58.8 Å². The molecule has 1 atom stereocenters. The van der Waals surface area contributed by atoms with E-state index in [0.29, 0.717) is 19.3 Å². The first kappa shape index (κ1) is 17.9. The van der Waals surface area contributed by atoms with Crippen LogP contribution in [0.15, 0.2) is 18.2 Å². The van der Waals surface area contributed by atoms with Crippen molar-refractivity contribution in [2.75, 3.05) is 13.7 Å². The summed E-state index contributed by atoms with van der Waals surface area (Å²) < 4.78 is 13.0. The summed E-state index contributed by atoms with van der Waals surface area (Å²) >= 11 is 0. The normalized spacial score (nSPS) is 16.7. The zero-order valence-corrected chi connectivity index (χ0v) is 15.4. The van der Waals surface area contributed by atoms with E-state index in [1.807, 2.05) is 13.0 Å². The highest BCUT2D eigenvalue weighted by molar-refractivity contribution is 5.37. The highest BCUT2D eigenvalue weighted by atomic mass is 16.5. The Hall–Kier alpha value is -1.92. The minimum Gasteiger partial charge on any atom is -0.496 e. The van der Waals surface area contributed by atoms with E-state index in [1.165, 1.54) is 5.56 Å². The highest BCUT2D eigenvalue weighted by Gasteiger charge is 2.20. The summed E-state index contributed by atoms with van der Waals surface area (Å²) in [6.07, 6.45) is 2.99. The van der Waals surface area contributed by atoms with E-state index >= 15 is 0 Å². The number of ether oxygens (including phenoxy) is 2. The molecule has 0 bridgehead atoms. The number of benzene rings is 1. The maximum Gasteiger partial charge on any atom is 0.150 e. The predicted octanol–water partition coefficient (Wildman–Crippen LogP) is 2.49. The lowest BCUT2D eigenvalue weighted by molar-refractivity contribution is 0.132. The molecule has 0 amide bonds. The van der Waals surface area contributed by atoms with Gasteiger partial charge in [0.15, 0.2) is 5.82 Å². The van der Waals surface area contributed by atoms with E-state index in [4.69, 9.17) is 9.47 Å². The van der Waals surface area contributed by atoms with E-state index in [2.05, 4.69) is 39.1 Å². The van der Waals surface area contributed by atoms with E-state index < -0.39 is 0 Å². The number of methoxy groups -OCH3 is 1. The van der Waals surface area contributed by atoms with E-state index in [9.17, 15) is 0 Å². The van der Waals surface area contributed by atoms with Gasteiger partial charge in [0.05, 0.1) is 20.3 Å². The van der Waals surface area contributed by atoms with Gasteiger partial charge in [-0.1, -0.05) is 13.0 Å². The van der Waals surface area contributed by atoms with Gasteiger partial charge in [-0.05, 0) is 31.0 Å². The van der Waals surface area contributed by atoms with E-state index in [-0.39, 0.29) is 0 Å². The van der Waals surface area contributed by atoms with Gasteiger partial charge in [-0.25, -0.2) is 9.67 Å². The van der Waals surface area contributed by atoms with Gasteiger partial charge in [0, 0.05) is 37.6 Å². The first-order chi connectivity index (χ1) is 12.2. The second-order valence-corrected chi connectivity index (χ2v) is 6.38. The average Bonchev–Trinajstić information content (AvgIpc) is 3.07. The molecule has 136 valence electrons. The number of rotatable bonds is 8. The molecule has 0 fully saturated rings. The lowest BCUT2D eigenvalue weighted by atomic mass is 10.1. The molecule has 1 aromatic heterocycles. The standard InChI is InChI=1S/C19H28N4O2/c1-4-18-21-19-9-7-16(12-23(19)22-18)20-11-14-6-8-17(24-3)15(10-14)13-25-5-2/h6,8,10,16,20H,4-5,7,9,11-13H2,1-3H3/t16-/m1/s1. The molecule has 1 aromatic carbocycles. The Bertz CT molecular complexity index is 699. The zero-order chi connectivity index (χ0) is 17.6. The van der Waals surface area contributed by atoms with Crippen LogP contribution in [0, 0.1) is 0 Å². The summed E-state index contributed by atoms with van der Waals surface area (Å²) in [5.74, 6) is 2.96. The number of nitrogens with zero attached hydrogens (tertiary/aromatic N) is 3. The topological polar surface area (TPSA) is 61.2 Å². The quantitative estimate of drug-likeness (QED) is 0.797. The molecule has 25 heavy (non-hydrogen) atoms. The molecule has 0 aliphatic carbocycles. The van der Waals surface area contributed by atoms with Crippen LogP contribution < -0.4 is 10.1 Å². The summed E-state index contributed by atoms with van der Waals surface area (Å²) in [5.41, 5.74) is 2.34. The Morgan fingerprint density at radius 2 is 2.20 bits per heavy atom. The summed E-state index contributed by atoms with van der Waals surface area (Å²) in [7, 11) is 1.70. The Kier molecular flexibility index (Phi) is 6.04.